The Morgan fingerprint density at radius 3 is 2.68 bits per heavy atom. The van der Waals surface area contributed by atoms with Gasteiger partial charge in [0.25, 0.3) is 0 Å². The molecule has 1 aliphatic carbocycles. The molecule has 3 nitrogen and oxygen atoms in total. The molecule has 0 amide bonds. The third kappa shape index (κ3) is 3.48. The maximum absolute atomic E-state index is 4.53. The van der Waals surface area contributed by atoms with Gasteiger partial charge < -0.3 is 10.2 Å². The van der Waals surface area contributed by atoms with E-state index in [-0.39, 0.29) is 0 Å². The topological polar surface area (TPSA) is 28.2 Å². The van der Waals surface area contributed by atoms with Crippen molar-refractivity contribution in [3.8, 4) is 0 Å². The summed E-state index contributed by atoms with van der Waals surface area (Å²) in [6.07, 6.45) is 7.27. The van der Waals surface area contributed by atoms with Crippen molar-refractivity contribution >= 4 is 21.7 Å². The maximum atomic E-state index is 4.53. The average molecular weight is 324 g/mol. The van der Waals surface area contributed by atoms with E-state index >= 15 is 0 Å². The number of anilines is 1. The summed E-state index contributed by atoms with van der Waals surface area (Å²) in [5.74, 6) is 2.11. The highest BCUT2D eigenvalue weighted by Crippen LogP contribution is 2.28. The fraction of sp³-hybridized carbons (Fsp3) is 0.667. The number of nitrogens with one attached hydrogen (secondary N) is 1. The lowest BCUT2D eigenvalue weighted by Gasteiger charge is -2.33. The molecule has 0 atom stereocenters. The van der Waals surface area contributed by atoms with Gasteiger partial charge in [0.15, 0.2) is 0 Å². The molecule has 2 fully saturated rings. The zero-order chi connectivity index (χ0) is 13.2. The average Bonchev–Trinajstić information content (AvgIpc) is 3.24. The first-order valence-electron chi connectivity index (χ1n) is 7.33. The molecule has 1 aromatic rings. The van der Waals surface area contributed by atoms with Crippen LogP contribution in [0.1, 0.15) is 31.2 Å². The van der Waals surface area contributed by atoms with E-state index < -0.39 is 0 Å². The Morgan fingerprint density at radius 1 is 1.32 bits per heavy atom. The molecule has 3 rings (SSSR count). The highest BCUT2D eigenvalue weighted by Gasteiger charge is 2.24. The molecule has 0 spiro atoms. The molecule has 104 valence electrons. The van der Waals surface area contributed by atoms with E-state index in [0.717, 1.165) is 29.3 Å². The number of hydrogen-bond donors (Lipinski definition) is 1. The predicted octanol–water partition coefficient (Wildman–Crippen LogP) is 3.12. The Morgan fingerprint density at radius 2 is 2.05 bits per heavy atom. The van der Waals surface area contributed by atoms with Crippen LogP contribution in [0.5, 0.6) is 0 Å². The van der Waals surface area contributed by atoms with Crippen molar-refractivity contribution in [1.29, 1.82) is 0 Å². The molecule has 19 heavy (non-hydrogen) atoms. The van der Waals surface area contributed by atoms with E-state index in [9.17, 15) is 0 Å². The maximum Gasteiger partial charge on any atom is 0.128 e. The largest absolute Gasteiger partial charge is 0.356 e. The van der Waals surface area contributed by atoms with E-state index in [4.69, 9.17) is 0 Å². The van der Waals surface area contributed by atoms with Crippen LogP contribution in [-0.2, 0) is 0 Å². The van der Waals surface area contributed by atoms with Gasteiger partial charge in [0.1, 0.15) is 5.82 Å². The number of pyridine rings is 1. The van der Waals surface area contributed by atoms with E-state index in [1.54, 1.807) is 0 Å². The Balaban J connectivity index is 1.52. The molecule has 1 saturated carbocycles. The van der Waals surface area contributed by atoms with E-state index in [1.807, 2.05) is 6.20 Å². The number of hydrogen-bond acceptors (Lipinski definition) is 3. The summed E-state index contributed by atoms with van der Waals surface area (Å²) >= 11 is 3.51. The summed E-state index contributed by atoms with van der Waals surface area (Å²) in [7, 11) is 0. The van der Waals surface area contributed by atoms with Gasteiger partial charge in [-0.15, -0.1) is 0 Å². The van der Waals surface area contributed by atoms with Crippen molar-refractivity contribution in [1.82, 2.24) is 10.3 Å². The second-order valence-electron chi connectivity index (χ2n) is 5.90. The quantitative estimate of drug-likeness (QED) is 0.922. The lowest BCUT2D eigenvalue weighted by molar-refractivity contribution is 0.407. The van der Waals surface area contributed by atoms with Crippen LogP contribution in [-0.4, -0.2) is 30.7 Å². The van der Waals surface area contributed by atoms with Crippen molar-refractivity contribution in [2.24, 2.45) is 5.92 Å². The standard InChI is InChI=1S/C15H22BrN3/c1-11-8-15(18-10-14(11)16)19-6-4-13(5-7-19)17-9-12-2-3-12/h8,10,12-13,17H,2-7,9H2,1H3. The third-order valence-electron chi connectivity index (χ3n) is 4.24. The van der Waals surface area contributed by atoms with Crippen LogP contribution in [0.25, 0.3) is 0 Å². The van der Waals surface area contributed by atoms with Gasteiger partial charge in [0.05, 0.1) is 0 Å². The Labute approximate surface area is 123 Å². The minimum absolute atomic E-state index is 0.716. The normalized spacial score (nSPS) is 20.8. The first kappa shape index (κ1) is 13.4. The summed E-state index contributed by atoms with van der Waals surface area (Å²) in [5, 5.41) is 3.72. The fourth-order valence-corrected chi connectivity index (χ4v) is 2.88. The molecule has 1 aromatic heterocycles. The van der Waals surface area contributed by atoms with Gasteiger partial charge in [-0.1, -0.05) is 0 Å². The fourth-order valence-electron chi connectivity index (χ4n) is 2.67. The zero-order valence-electron chi connectivity index (χ0n) is 11.5. The van der Waals surface area contributed by atoms with Crippen molar-refractivity contribution in [2.75, 3.05) is 24.5 Å². The highest BCUT2D eigenvalue weighted by molar-refractivity contribution is 9.10. The predicted molar refractivity (Wildman–Crippen MR) is 82.6 cm³/mol. The first-order chi connectivity index (χ1) is 9.22. The van der Waals surface area contributed by atoms with Crippen LogP contribution < -0.4 is 10.2 Å². The zero-order valence-corrected chi connectivity index (χ0v) is 13.1. The Bertz CT molecular complexity index is 437. The molecule has 0 aromatic carbocycles. The Kier molecular flexibility index (Phi) is 4.08. The van der Waals surface area contributed by atoms with Gasteiger partial charge >= 0.3 is 0 Å². The number of rotatable bonds is 4. The van der Waals surface area contributed by atoms with Crippen LogP contribution in [0.15, 0.2) is 16.7 Å². The molecule has 1 saturated heterocycles. The number of aromatic nitrogens is 1. The minimum atomic E-state index is 0.716. The monoisotopic (exact) mass is 323 g/mol. The van der Waals surface area contributed by atoms with Crippen LogP contribution in [0, 0.1) is 12.8 Å². The molecule has 2 heterocycles. The first-order valence-corrected chi connectivity index (χ1v) is 8.12. The molecule has 1 N–H and O–H groups in total. The highest BCUT2D eigenvalue weighted by atomic mass is 79.9. The third-order valence-corrected chi connectivity index (χ3v) is 5.07. The van der Waals surface area contributed by atoms with Crippen LogP contribution in [0.4, 0.5) is 5.82 Å². The van der Waals surface area contributed by atoms with Gasteiger partial charge in [0, 0.05) is 29.8 Å². The van der Waals surface area contributed by atoms with E-state index in [2.05, 4.69) is 44.1 Å². The minimum Gasteiger partial charge on any atom is -0.356 e. The number of piperidine rings is 1. The summed E-state index contributed by atoms with van der Waals surface area (Å²) in [5.41, 5.74) is 1.26. The van der Waals surface area contributed by atoms with Gasteiger partial charge in [-0.3, -0.25) is 0 Å². The molecule has 0 bridgehead atoms. The van der Waals surface area contributed by atoms with E-state index in [0.29, 0.717) is 6.04 Å². The van der Waals surface area contributed by atoms with E-state index in [1.165, 1.54) is 37.8 Å². The molecule has 1 aliphatic heterocycles. The molecule has 0 radical (unpaired) electrons. The second-order valence-corrected chi connectivity index (χ2v) is 6.76. The molecular formula is C15H22BrN3. The lowest BCUT2D eigenvalue weighted by atomic mass is 10.0. The smallest absolute Gasteiger partial charge is 0.128 e. The summed E-state index contributed by atoms with van der Waals surface area (Å²) in [6, 6.07) is 2.90. The van der Waals surface area contributed by atoms with Crippen LogP contribution in [0.3, 0.4) is 0 Å². The molecule has 4 heteroatoms. The van der Waals surface area contributed by atoms with Gasteiger partial charge in [0.2, 0.25) is 0 Å². The summed E-state index contributed by atoms with van der Waals surface area (Å²) in [6.45, 7) is 5.60. The molecular weight excluding hydrogens is 302 g/mol. The van der Waals surface area contributed by atoms with Gasteiger partial charge in [-0.25, -0.2) is 4.98 Å². The molecule has 2 aliphatic rings. The van der Waals surface area contributed by atoms with Crippen molar-refractivity contribution < 1.29 is 0 Å². The number of aryl methyl sites for hydroxylation is 1. The van der Waals surface area contributed by atoms with Crippen molar-refractivity contribution in [3.63, 3.8) is 0 Å². The summed E-state index contributed by atoms with van der Waals surface area (Å²) < 4.78 is 1.09. The number of nitrogens with zero attached hydrogens (tertiary/aromatic N) is 2. The summed E-state index contributed by atoms with van der Waals surface area (Å²) in [4.78, 5) is 6.94. The second kappa shape index (κ2) is 5.80. The van der Waals surface area contributed by atoms with Gasteiger partial charge in [-0.2, -0.15) is 0 Å². The SMILES string of the molecule is Cc1cc(N2CCC(NCC3CC3)CC2)ncc1Br. The van der Waals surface area contributed by atoms with Gasteiger partial charge in [-0.05, 0) is 72.6 Å². The lowest BCUT2D eigenvalue weighted by Crippen LogP contribution is -2.43. The van der Waals surface area contributed by atoms with Crippen LogP contribution in [0.2, 0.25) is 0 Å². The Hall–Kier alpha value is -0.610. The molecule has 0 unspecified atom stereocenters. The van der Waals surface area contributed by atoms with Crippen molar-refractivity contribution in [3.05, 3.63) is 22.3 Å². The number of halogens is 1. The van der Waals surface area contributed by atoms with Crippen molar-refractivity contribution in [2.45, 2.75) is 38.6 Å². The van der Waals surface area contributed by atoms with Crippen LogP contribution >= 0.6 is 15.9 Å².